The molecule has 1 atom stereocenters. The zero-order valence-corrected chi connectivity index (χ0v) is 37.0. The first kappa shape index (κ1) is 46.9. The molecule has 2 aromatic heterocycles. The first-order valence-corrected chi connectivity index (χ1v) is 23.9. The van der Waals surface area contributed by atoms with Gasteiger partial charge in [-0.2, -0.15) is 0 Å². The van der Waals surface area contributed by atoms with Crippen LogP contribution in [0.4, 0.5) is 40.3 Å². The van der Waals surface area contributed by atoms with Crippen LogP contribution in [-0.4, -0.2) is 74.5 Å². The molecule has 2 aliphatic rings. The normalized spacial score (nSPS) is 17.0. The molecule has 3 aromatic carbocycles. The summed E-state index contributed by atoms with van der Waals surface area (Å²) in [6.07, 6.45) is -2.87. The molecule has 1 amide bonds. The summed E-state index contributed by atoms with van der Waals surface area (Å²) in [5.41, 5.74) is 14.0. The minimum Gasteiger partial charge on any atom is -0.403 e. The molecule has 2 aliphatic heterocycles. The van der Waals surface area contributed by atoms with Crippen molar-refractivity contribution >= 4 is 48.3 Å². The topological polar surface area (TPSA) is 209 Å². The van der Waals surface area contributed by atoms with Crippen molar-refractivity contribution < 1.29 is 53.0 Å². The monoisotopic (exact) mass is 918 g/mol. The molecule has 4 heterocycles. The van der Waals surface area contributed by atoms with Gasteiger partial charge in [-0.25, -0.2) is 21.2 Å². The first-order valence-electron chi connectivity index (χ1n) is 20.3. The molecule has 14 nitrogen and oxygen atoms in total. The predicted molar refractivity (Wildman–Crippen MR) is 232 cm³/mol. The maximum Gasteiger partial charge on any atom is 0.573 e. The molecule has 0 spiro atoms. The van der Waals surface area contributed by atoms with Gasteiger partial charge in [0, 0.05) is 29.1 Å². The quantitative estimate of drug-likeness (QED) is 0.0727. The zero-order valence-electron chi connectivity index (χ0n) is 35.4. The number of rotatable bonds is 11. The minimum absolute atomic E-state index is 0.0574. The number of ether oxygens (including phenoxy) is 1. The highest BCUT2D eigenvalue weighted by Crippen LogP contribution is 2.36. The third kappa shape index (κ3) is 12.3. The van der Waals surface area contributed by atoms with Crippen LogP contribution in [0.2, 0.25) is 0 Å². The van der Waals surface area contributed by atoms with Gasteiger partial charge in [0.2, 0.25) is 5.91 Å². The van der Waals surface area contributed by atoms with Crippen molar-refractivity contribution in [1.82, 2.24) is 10.3 Å². The number of nitrogens with two attached hydrogens (primary N) is 1. The fraction of sp³-hybridized carbons (Fsp3) is 0.419. The van der Waals surface area contributed by atoms with Gasteiger partial charge in [0.1, 0.15) is 31.2 Å². The lowest BCUT2D eigenvalue weighted by molar-refractivity contribution is -0.275. The van der Waals surface area contributed by atoms with Crippen molar-refractivity contribution in [2.24, 2.45) is 5.92 Å². The summed E-state index contributed by atoms with van der Waals surface area (Å²) in [6, 6.07) is 14.3. The van der Waals surface area contributed by atoms with Crippen molar-refractivity contribution in [3.05, 3.63) is 88.9 Å². The Morgan fingerprint density at radius 2 is 1.25 bits per heavy atom. The molecular weight excluding hydrogens is 869 g/mol. The van der Waals surface area contributed by atoms with Crippen LogP contribution in [0.5, 0.6) is 5.75 Å². The van der Waals surface area contributed by atoms with E-state index in [0.29, 0.717) is 59.8 Å². The van der Waals surface area contributed by atoms with Crippen molar-refractivity contribution in [3.63, 3.8) is 0 Å². The maximum absolute atomic E-state index is 14.2. The summed E-state index contributed by atoms with van der Waals surface area (Å²) < 4.78 is 112. The van der Waals surface area contributed by atoms with Crippen LogP contribution >= 0.6 is 0 Å². The van der Waals surface area contributed by atoms with E-state index in [1.807, 2.05) is 38.1 Å². The summed E-state index contributed by atoms with van der Waals surface area (Å²) >= 11 is 0. The Morgan fingerprint density at radius 1 is 0.762 bits per heavy atom. The smallest absolute Gasteiger partial charge is 0.403 e. The SMILES string of the molecule is Cc1noc(C)c1-c1ccc(NC2CCS(=O)(=O)CC2)c(N)c1.Cc1noc(C)c1-c1ccc(NC2CCS(=O)(=O)CC2)c(NC(=O)[C@H](C)Cc2ccc(OC(F)(F)F)c(F)c2)c1. The Kier molecular flexibility index (Phi) is 14.1. The second-order valence-corrected chi connectivity index (χ2v) is 20.6. The van der Waals surface area contributed by atoms with Gasteiger partial charge in [-0.1, -0.05) is 35.4 Å². The number of hydrogen-bond donors (Lipinski definition) is 4. The Hall–Kier alpha value is -5.63. The fourth-order valence-corrected chi connectivity index (χ4v) is 10.6. The number of nitrogens with zero attached hydrogens (tertiary/aromatic N) is 2. The molecule has 0 aliphatic carbocycles. The van der Waals surface area contributed by atoms with Gasteiger partial charge in [-0.05, 0) is 113 Å². The predicted octanol–water partition coefficient (Wildman–Crippen LogP) is 8.33. The lowest BCUT2D eigenvalue weighted by Crippen LogP contribution is -2.32. The summed E-state index contributed by atoms with van der Waals surface area (Å²) in [4.78, 5) is 13.2. The first-order chi connectivity index (χ1) is 29.6. The van der Waals surface area contributed by atoms with E-state index in [1.165, 1.54) is 6.07 Å². The van der Waals surface area contributed by atoms with Gasteiger partial charge < -0.3 is 35.5 Å². The van der Waals surface area contributed by atoms with Crippen LogP contribution in [0.3, 0.4) is 0 Å². The molecule has 0 saturated carbocycles. The van der Waals surface area contributed by atoms with E-state index >= 15 is 0 Å². The van der Waals surface area contributed by atoms with Crippen molar-refractivity contribution in [3.8, 4) is 28.0 Å². The largest absolute Gasteiger partial charge is 0.573 e. The molecule has 5 aromatic rings. The highest BCUT2D eigenvalue weighted by atomic mass is 32.2. The summed E-state index contributed by atoms with van der Waals surface area (Å²) in [5.74, 6) is -1.23. The zero-order chi connectivity index (χ0) is 45.9. The second-order valence-electron chi connectivity index (χ2n) is 16.0. The Labute approximate surface area is 363 Å². The summed E-state index contributed by atoms with van der Waals surface area (Å²) in [6.45, 7) is 8.96. The summed E-state index contributed by atoms with van der Waals surface area (Å²) in [5, 5.41) is 17.5. The lowest BCUT2D eigenvalue weighted by Gasteiger charge is -2.26. The number of carbonyl (C=O) groups excluding carboxylic acids is 1. The van der Waals surface area contributed by atoms with E-state index in [1.54, 1.807) is 32.9 Å². The standard InChI is InChI=1S/C27H29F4N3O5S.C16H21N3O3S/c1-15(12-18-4-7-24(21(28)13-18)38-27(29,30)31)26(35)33-23-14-19(25-16(2)34-39-17(25)3)5-6-22(23)32-20-8-10-40(36,37)11-9-20;1-10-16(11(2)22-19-10)12-3-4-15(14(17)9-12)18-13-5-7-23(20,21)8-6-13/h4-7,13-15,20,32H,8-12H2,1-3H3,(H,33,35);3-4,9,13,18H,5-8,17H2,1-2H3/t15-;/m1./s1. The van der Waals surface area contributed by atoms with Gasteiger partial charge in [0.05, 0.1) is 57.1 Å². The number of anilines is 4. The molecular formula is C43H50F4N6O8S2. The molecule has 2 fully saturated rings. The highest BCUT2D eigenvalue weighted by molar-refractivity contribution is 7.91. The lowest BCUT2D eigenvalue weighted by atomic mass is 9.99. The van der Waals surface area contributed by atoms with Crippen LogP contribution < -0.4 is 26.4 Å². The molecule has 7 rings (SSSR count). The van der Waals surface area contributed by atoms with Crippen molar-refractivity contribution in [2.75, 3.05) is 44.7 Å². The van der Waals surface area contributed by atoms with E-state index in [2.05, 4.69) is 31.0 Å². The number of aryl methyl sites for hydroxylation is 4. The Bertz CT molecular complexity index is 2620. The number of benzene rings is 3. The summed E-state index contributed by atoms with van der Waals surface area (Å²) in [7, 11) is -5.91. The number of nitrogen functional groups attached to an aromatic ring is 1. The van der Waals surface area contributed by atoms with Crippen molar-refractivity contribution in [1.29, 1.82) is 0 Å². The van der Waals surface area contributed by atoms with E-state index in [0.717, 1.165) is 51.5 Å². The van der Waals surface area contributed by atoms with E-state index < -0.39 is 49.4 Å². The van der Waals surface area contributed by atoms with Crippen LogP contribution in [0.1, 0.15) is 61.1 Å². The third-order valence-corrected chi connectivity index (χ3v) is 14.4. The minimum atomic E-state index is -5.02. The maximum atomic E-state index is 14.2. The van der Waals surface area contributed by atoms with Crippen LogP contribution in [0.15, 0.2) is 63.6 Å². The highest BCUT2D eigenvalue weighted by Gasteiger charge is 2.33. The molecule has 63 heavy (non-hydrogen) atoms. The van der Waals surface area contributed by atoms with E-state index in [-0.39, 0.29) is 41.5 Å². The Balaban J connectivity index is 0.000000242. The number of aromatic nitrogens is 2. The molecule has 5 N–H and O–H groups in total. The number of amides is 1. The average Bonchev–Trinajstić information content (AvgIpc) is 3.73. The molecule has 0 radical (unpaired) electrons. The average molecular weight is 919 g/mol. The van der Waals surface area contributed by atoms with E-state index in [4.69, 9.17) is 14.8 Å². The fourth-order valence-electron chi connectivity index (χ4n) is 7.66. The molecule has 0 unspecified atom stereocenters. The number of alkyl halides is 3. The van der Waals surface area contributed by atoms with Crippen LogP contribution in [0, 0.1) is 39.4 Å². The molecule has 20 heteroatoms. The number of nitrogens with one attached hydrogen (secondary N) is 3. The van der Waals surface area contributed by atoms with Crippen LogP contribution in [0.25, 0.3) is 22.3 Å². The number of carbonyl (C=O) groups is 1. The van der Waals surface area contributed by atoms with Gasteiger partial charge >= 0.3 is 6.36 Å². The van der Waals surface area contributed by atoms with Gasteiger partial charge in [0.15, 0.2) is 11.6 Å². The second kappa shape index (κ2) is 19.0. The number of halogens is 4. The van der Waals surface area contributed by atoms with Crippen LogP contribution in [-0.2, 0) is 30.9 Å². The van der Waals surface area contributed by atoms with E-state index in [9.17, 15) is 39.2 Å². The third-order valence-electron chi connectivity index (χ3n) is 11.0. The number of hydrogen-bond acceptors (Lipinski definition) is 13. The van der Waals surface area contributed by atoms with Crippen molar-refractivity contribution in [2.45, 2.75) is 85.2 Å². The van der Waals surface area contributed by atoms with Gasteiger partial charge in [0.25, 0.3) is 0 Å². The van der Waals surface area contributed by atoms with Gasteiger partial charge in [-0.3, -0.25) is 4.79 Å². The Morgan fingerprint density at radius 3 is 1.71 bits per heavy atom. The number of sulfone groups is 2. The molecule has 0 bridgehead atoms. The molecule has 2 saturated heterocycles. The molecule has 340 valence electrons. The van der Waals surface area contributed by atoms with Gasteiger partial charge in [-0.15, -0.1) is 13.2 Å².